The van der Waals surface area contributed by atoms with Crippen LogP contribution in [0.25, 0.3) is 0 Å². The highest BCUT2D eigenvalue weighted by molar-refractivity contribution is 6.41. The smallest absolute Gasteiger partial charge is 0.384 e. The van der Waals surface area contributed by atoms with Crippen LogP contribution in [0, 0.1) is 5.92 Å². The molecule has 2 saturated heterocycles. The van der Waals surface area contributed by atoms with Crippen molar-refractivity contribution in [2.45, 2.75) is 114 Å². The van der Waals surface area contributed by atoms with Crippen LogP contribution in [0.5, 0.6) is 0 Å². The molecule has 0 spiro atoms. The normalized spacial score (nSPS) is 21.9. The monoisotopic (exact) mass is 745 g/mol. The van der Waals surface area contributed by atoms with Crippen LogP contribution in [0.3, 0.4) is 0 Å². The molecule has 0 radical (unpaired) electrons. The number of ketones is 1. The molecule has 4 amide bonds. The number of aromatic nitrogens is 3. The van der Waals surface area contributed by atoms with Crippen molar-refractivity contribution >= 4 is 35.1 Å². The number of nitrogens with one attached hydrogen (secondary N) is 1. The lowest BCUT2D eigenvalue weighted by Gasteiger charge is -2.37. The number of hydrogen-bond donors (Lipinski definition) is 3. The lowest BCUT2D eigenvalue weighted by molar-refractivity contribution is -0.146. The zero-order chi connectivity index (χ0) is 38.7. The minimum absolute atomic E-state index is 0.00994. The highest BCUT2D eigenvalue weighted by Gasteiger charge is 2.49. The number of benzene rings is 1. The van der Waals surface area contributed by atoms with Crippen molar-refractivity contribution in [1.82, 2.24) is 25.2 Å². The number of hydrogen-bond acceptors (Lipinski definition) is 9. The SMILES string of the molecule is CC(c1ccc(C(=O)/N=C(\CC2CCCCC2)C(=O)N2C[C@@H](n3nncc3C(C)(C)O)C[C@H]2C(=O)NC2(C(=O)C(N)=O)CCOCC2)cc1)C(F)(F)F. The number of alkyl halides is 3. The number of ether oxygens (including phenoxy) is 1. The fraction of sp³-hybridized carbons (Fsp3) is 0.611. The van der Waals surface area contributed by atoms with Gasteiger partial charge in [0.05, 0.1) is 23.9 Å². The largest absolute Gasteiger partial charge is 0.395 e. The number of aliphatic imine (C=N–C) groups is 1. The molecule has 1 aliphatic carbocycles. The van der Waals surface area contributed by atoms with Gasteiger partial charge in [-0.05, 0) is 50.8 Å². The predicted molar refractivity (Wildman–Crippen MR) is 183 cm³/mol. The summed E-state index contributed by atoms with van der Waals surface area (Å²) in [6, 6.07) is 2.94. The number of halogens is 3. The first kappa shape index (κ1) is 39.7. The first-order valence-electron chi connectivity index (χ1n) is 17.9. The van der Waals surface area contributed by atoms with Crippen molar-refractivity contribution in [2.24, 2.45) is 16.6 Å². The number of carbonyl (C=O) groups excluding carboxylic acids is 5. The van der Waals surface area contributed by atoms with E-state index in [4.69, 9.17) is 10.5 Å². The summed E-state index contributed by atoms with van der Waals surface area (Å²) in [5.74, 6) is -6.28. The summed E-state index contributed by atoms with van der Waals surface area (Å²) in [7, 11) is 0. The van der Waals surface area contributed by atoms with E-state index in [1.807, 2.05) is 0 Å². The summed E-state index contributed by atoms with van der Waals surface area (Å²) in [6.07, 6.45) is 1.34. The van der Waals surface area contributed by atoms with E-state index in [-0.39, 0.29) is 68.2 Å². The molecular weight excluding hydrogens is 699 g/mol. The van der Waals surface area contributed by atoms with Crippen molar-refractivity contribution in [3.63, 3.8) is 0 Å². The van der Waals surface area contributed by atoms with Gasteiger partial charge in [-0.1, -0.05) is 49.5 Å². The molecule has 3 atom stereocenters. The van der Waals surface area contributed by atoms with Gasteiger partial charge in [0.2, 0.25) is 11.7 Å². The molecule has 3 fully saturated rings. The van der Waals surface area contributed by atoms with Gasteiger partial charge >= 0.3 is 6.18 Å². The van der Waals surface area contributed by atoms with E-state index in [2.05, 4.69) is 20.6 Å². The van der Waals surface area contributed by atoms with Gasteiger partial charge < -0.3 is 25.8 Å². The van der Waals surface area contributed by atoms with E-state index in [1.165, 1.54) is 53.9 Å². The highest BCUT2D eigenvalue weighted by atomic mass is 19.4. The van der Waals surface area contributed by atoms with Crippen LogP contribution in [0.15, 0.2) is 35.5 Å². The molecule has 14 nitrogen and oxygen atoms in total. The van der Waals surface area contributed by atoms with E-state index in [0.29, 0.717) is 5.69 Å². The Hall–Kier alpha value is -4.51. The number of aliphatic hydroxyl groups is 1. The van der Waals surface area contributed by atoms with E-state index >= 15 is 0 Å². The second kappa shape index (κ2) is 15.8. The molecule has 1 saturated carbocycles. The van der Waals surface area contributed by atoms with Crippen molar-refractivity contribution in [3.8, 4) is 0 Å². The second-order valence-corrected chi connectivity index (χ2v) is 14.8. The fourth-order valence-corrected chi connectivity index (χ4v) is 7.40. The maximum Gasteiger partial charge on any atom is 0.395 e. The first-order valence-corrected chi connectivity index (χ1v) is 17.9. The summed E-state index contributed by atoms with van der Waals surface area (Å²) in [5, 5.41) is 21.6. The van der Waals surface area contributed by atoms with Crippen molar-refractivity contribution in [3.05, 3.63) is 47.3 Å². The minimum atomic E-state index is -4.48. The molecule has 5 rings (SSSR count). The number of amides is 4. The summed E-state index contributed by atoms with van der Waals surface area (Å²) in [4.78, 5) is 73.1. The van der Waals surface area contributed by atoms with Gasteiger partial charge in [-0.25, -0.2) is 9.67 Å². The number of nitrogens with zero attached hydrogens (tertiary/aromatic N) is 5. The van der Waals surface area contributed by atoms with Gasteiger partial charge in [0.25, 0.3) is 17.7 Å². The van der Waals surface area contributed by atoms with Gasteiger partial charge in [0, 0.05) is 44.6 Å². The number of Topliss-reactive ketones (excluding diaryl/α,β-unsaturated/α-hetero) is 1. The van der Waals surface area contributed by atoms with Gasteiger partial charge in [-0.15, -0.1) is 5.10 Å². The molecule has 3 heterocycles. The Morgan fingerprint density at radius 3 is 2.30 bits per heavy atom. The topological polar surface area (TPSA) is 199 Å². The van der Waals surface area contributed by atoms with Gasteiger partial charge in [0.15, 0.2) is 0 Å². The van der Waals surface area contributed by atoms with Crippen LogP contribution in [0.2, 0.25) is 0 Å². The molecule has 53 heavy (non-hydrogen) atoms. The lowest BCUT2D eigenvalue weighted by atomic mass is 9.84. The third kappa shape index (κ3) is 9.00. The van der Waals surface area contributed by atoms with Crippen molar-refractivity contribution in [1.29, 1.82) is 0 Å². The van der Waals surface area contributed by atoms with E-state index in [9.17, 15) is 42.3 Å². The standard InChI is InChI=1S/C36H46F3N7O7/c1-21(36(37,38)39)23-9-11-24(12-10-23)31(49)42-26(17-22-7-5-4-6-8-22)33(51)45-20-25(46-28(19-41-44-46)34(2,3)52)18-27(45)32(50)43-35(29(47)30(40)48)13-15-53-16-14-35/h9-12,19,21-22,25,27,52H,4-8,13-18,20H2,1-3H3,(H2,40,48)(H,43,50)/b42-26+/t21?,25-,27-/m0/s1. The van der Waals surface area contributed by atoms with Crippen LogP contribution in [0.4, 0.5) is 13.2 Å². The van der Waals surface area contributed by atoms with Crippen LogP contribution in [-0.4, -0.2) is 97.6 Å². The molecule has 2 aliphatic heterocycles. The Balaban J connectivity index is 1.51. The molecule has 1 unspecified atom stereocenters. The molecule has 17 heteroatoms. The molecule has 0 bridgehead atoms. The minimum Gasteiger partial charge on any atom is -0.384 e. The Morgan fingerprint density at radius 2 is 1.72 bits per heavy atom. The molecular formula is C36H46F3N7O7. The summed E-state index contributed by atoms with van der Waals surface area (Å²) in [5.41, 5.74) is 2.46. The van der Waals surface area contributed by atoms with Gasteiger partial charge in [0.1, 0.15) is 22.9 Å². The number of carbonyl (C=O) groups is 5. The Kier molecular flexibility index (Phi) is 11.9. The molecule has 3 aliphatic rings. The average molecular weight is 746 g/mol. The van der Waals surface area contributed by atoms with Crippen LogP contribution < -0.4 is 11.1 Å². The fourth-order valence-electron chi connectivity index (χ4n) is 7.40. The molecule has 1 aromatic carbocycles. The summed E-state index contributed by atoms with van der Waals surface area (Å²) >= 11 is 0. The third-order valence-corrected chi connectivity index (χ3v) is 10.6. The Labute approximate surface area is 304 Å². The molecule has 4 N–H and O–H groups in total. The summed E-state index contributed by atoms with van der Waals surface area (Å²) in [6.45, 7) is 4.10. The molecule has 1 aromatic heterocycles. The number of likely N-dealkylation sites (tertiary alicyclic amines) is 1. The van der Waals surface area contributed by atoms with Crippen LogP contribution >= 0.6 is 0 Å². The quantitative estimate of drug-likeness (QED) is 0.228. The lowest BCUT2D eigenvalue weighted by Crippen LogP contribution is -2.63. The van der Waals surface area contributed by atoms with Crippen molar-refractivity contribution in [2.75, 3.05) is 19.8 Å². The Morgan fingerprint density at radius 1 is 1.08 bits per heavy atom. The number of primary amides is 1. The second-order valence-electron chi connectivity index (χ2n) is 14.8. The maximum atomic E-state index is 14.6. The van der Waals surface area contributed by atoms with E-state index in [1.54, 1.807) is 0 Å². The first-order chi connectivity index (χ1) is 24.9. The highest BCUT2D eigenvalue weighted by Crippen LogP contribution is 2.36. The average Bonchev–Trinajstić information content (AvgIpc) is 3.80. The Bertz CT molecular complexity index is 1720. The van der Waals surface area contributed by atoms with E-state index < -0.39 is 64.7 Å². The maximum absolute atomic E-state index is 14.6. The zero-order valence-corrected chi connectivity index (χ0v) is 30.0. The van der Waals surface area contributed by atoms with Crippen LogP contribution in [0.1, 0.15) is 112 Å². The van der Waals surface area contributed by atoms with Gasteiger partial charge in [-0.3, -0.25) is 24.0 Å². The third-order valence-electron chi connectivity index (χ3n) is 10.6. The van der Waals surface area contributed by atoms with Gasteiger partial charge in [-0.2, -0.15) is 13.2 Å². The number of nitrogens with two attached hydrogens (primary N) is 1. The number of rotatable bonds is 11. The van der Waals surface area contributed by atoms with Crippen LogP contribution in [-0.2, 0) is 29.5 Å². The molecule has 288 valence electrons. The predicted octanol–water partition coefficient (Wildman–Crippen LogP) is 3.28. The zero-order valence-electron chi connectivity index (χ0n) is 30.0. The van der Waals surface area contributed by atoms with E-state index in [0.717, 1.165) is 39.0 Å². The molecule has 2 aromatic rings. The van der Waals surface area contributed by atoms with Crippen molar-refractivity contribution < 1.29 is 47.0 Å². The summed E-state index contributed by atoms with van der Waals surface area (Å²) < 4.78 is 46.8.